The summed E-state index contributed by atoms with van der Waals surface area (Å²) in [6.45, 7) is 0. The van der Waals surface area contributed by atoms with Crippen LogP contribution >= 0.6 is 27.5 Å². The second-order valence-electron chi connectivity index (χ2n) is 5.46. The highest BCUT2D eigenvalue weighted by Crippen LogP contribution is 2.41. The Morgan fingerprint density at radius 3 is 2.50 bits per heavy atom. The minimum absolute atomic E-state index is 0.0401. The van der Waals surface area contributed by atoms with Gasteiger partial charge < -0.3 is 5.32 Å². The Morgan fingerprint density at radius 1 is 1.23 bits per heavy atom. The molecule has 114 valence electrons. The lowest BCUT2D eigenvalue weighted by atomic mass is 10.0. The van der Waals surface area contributed by atoms with Gasteiger partial charge in [0.2, 0.25) is 0 Å². The molecular formula is C17H14BrClFNO. The van der Waals surface area contributed by atoms with E-state index >= 15 is 0 Å². The Labute approximate surface area is 141 Å². The molecular weight excluding hydrogens is 369 g/mol. The van der Waals surface area contributed by atoms with E-state index in [2.05, 4.69) is 21.2 Å². The summed E-state index contributed by atoms with van der Waals surface area (Å²) in [5, 5.41) is 3.73. The second kappa shape index (κ2) is 6.39. The van der Waals surface area contributed by atoms with Crippen molar-refractivity contribution in [3.8, 4) is 0 Å². The standard InChI is InChI=1S/C17H14BrClFNO/c18-15-9-13(20)7-8-14(15)17(22)21-16(10-1-2-10)11-3-5-12(19)6-4-11/h3-10,16H,1-2H2,(H,21,22). The predicted octanol–water partition coefficient (Wildman–Crippen LogP) is 5.12. The largest absolute Gasteiger partial charge is 0.345 e. The second-order valence-corrected chi connectivity index (χ2v) is 6.76. The molecule has 2 nitrogen and oxygen atoms in total. The van der Waals surface area contributed by atoms with Crippen molar-refractivity contribution in [2.24, 2.45) is 5.92 Å². The summed E-state index contributed by atoms with van der Waals surface area (Å²) < 4.78 is 13.6. The Kier molecular flexibility index (Phi) is 4.50. The van der Waals surface area contributed by atoms with Gasteiger partial charge in [-0.1, -0.05) is 23.7 Å². The van der Waals surface area contributed by atoms with E-state index in [0.29, 0.717) is 21.0 Å². The maximum Gasteiger partial charge on any atom is 0.252 e. The molecule has 2 aromatic carbocycles. The summed E-state index contributed by atoms with van der Waals surface area (Å²) >= 11 is 9.16. The van der Waals surface area contributed by atoms with Crippen LogP contribution in [0.3, 0.4) is 0 Å². The van der Waals surface area contributed by atoms with Crippen LogP contribution in [0.1, 0.15) is 34.8 Å². The smallest absolute Gasteiger partial charge is 0.252 e. The molecule has 1 atom stereocenters. The van der Waals surface area contributed by atoms with Crippen LogP contribution in [0.4, 0.5) is 4.39 Å². The zero-order valence-electron chi connectivity index (χ0n) is 11.7. The molecule has 0 spiro atoms. The van der Waals surface area contributed by atoms with Gasteiger partial charge in [0.1, 0.15) is 5.82 Å². The summed E-state index contributed by atoms with van der Waals surface area (Å²) in [7, 11) is 0. The van der Waals surface area contributed by atoms with Crippen LogP contribution in [0.25, 0.3) is 0 Å². The Balaban J connectivity index is 1.82. The predicted molar refractivity (Wildman–Crippen MR) is 88.5 cm³/mol. The molecule has 0 aliphatic heterocycles. The van der Waals surface area contributed by atoms with E-state index in [4.69, 9.17) is 11.6 Å². The van der Waals surface area contributed by atoms with Gasteiger partial charge in [-0.3, -0.25) is 4.79 Å². The number of hydrogen-bond donors (Lipinski definition) is 1. The number of rotatable bonds is 4. The summed E-state index contributed by atoms with van der Waals surface area (Å²) in [5.74, 6) is -0.136. The van der Waals surface area contributed by atoms with Crippen LogP contribution in [-0.4, -0.2) is 5.91 Å². The lowest BCUT2D eigenvalue weighted by Gasteiger charge is -2.19. The van der Waals surface area contributed by atoms with E-state index in [0.717, 1.165) is 18.4 Å². The monoisotopic (exact) mass is 381 g/mol. The Bertz CT molecular complexity index is 700. The molecule has 3 rings (SSSR count). The molecule has 5 heteroatoms. The molecule has 0 saturated heterocycles. The molecule has 2 aromatic rings. The first kappa shape index (κ1) is 15.5. The molecule has 1 amide bonds. The molecule has 1 N–H and O–H groups in total. The first-order valence-electron chi connectivity index (χ1n) is 7.06. The highest BCUT2D eigenvalue weighted by Gasteiger charge is 2.33. The number of carbonyl (C=O) groups excluding carboxylic acids is 1. The SMILES string of the molecule is O=C(NC(c1ccc(Cl)cc1)C1CC1)c1ccc(F)cc1Br. The highest BCUT2D eigenvalue weighted by molar-refractivity contribution is 9.10. The van der Waals surface area contributed by atoms with Gasteiger partial charge in [-0.2, -0.15) is 0 Å². The minimum atomic E-state index is -0.375. The van der Waals surface area contributed by atoms with Crippen LogP contribution in [0.5, 0.6) is 0 Å². The third kappa shape index (κ3) is 3.50. The first-order chi connectivity index (χ1) is 10.5. The maximum atomic E-state index is 13.1. The van der Waals surface area contributed by atoms with Gasteiger partial charge in [0.25, 0.3) is 5.91 Å². The van der Waals surface area contributed by atoms with Gasteiger partial charge in [0, 0.05) is 9.50 Å². The van der Waals surface area contributed by atoms with Crippen LogP contribution < -0.4 is 5.32 Å². The summed E-state index contributed by atoms with van der Waals surface area (Å²) in [6.07, 6.45) is 2.19. The zero-order chi connectivity index (χ0) is 15.7. The van der Waals surface area contributed by atoms with Crippen molar-refractivity contribution in [1.29, 1.82) is 0 Å². The minimum Gasteiger partial charge on any atom is -0.345 e. The number of hydrogen-bond acceptors (Lipinski definition) is 1. The molecule has 0 aromatic heterocycles. The van der Waals surface area contributed by atoms with E-state index in [1.807, 2.05) is 24.3 Å². The van der Waals surface area contributed by atoms with Crippen molar-refractivity contribution in [2.75, 3.05) is 0 Å². The lowest BCUT2D eigenvalue weighted by Crippen LogP contribution is -2.30. The van der Waals surface area contributed by atoms with Gasteiger partial charge in [-0.15, -0.1) is 0 Å². The number of amides is 1. The first-order valence-corrected chi connectivity index (χ1v) is 8.23. The van der Waals surface area contributed by atoms with Gasteiger partial charge in [-0.25, -0.2) is 4.39 Å². The van der Waals surface area contributed by atoms with Crippen molar-refractivity contribution >= 4 is 33.4 Å². The normalized spacial score (nSPS) is 15.4. The van der Waals surface area contributed by atoms with Crippen molar-refractivity contribution in [2.45, 2.75) is 18.9 Å². The van der Waals surface area contributed by atoms with Gasteiger partial charge in [-0.05, 0) is 70.6 Å². The lowest BCUT2D eigenvalue weighted by molar-refractivity contribution is 0.0931. The average molecular weight is 383 g/mol. The molecule has 1 fully saturated rings. The molecule has 0 heterocycles. The fourth-order valence-corrected chi connectivity index (χ4v) is 3.12. The van der Waals surface area contributed by atoms with Crippen molar-refractivity contribution in [3.05, 3.63) is 68.9 Å². The molecule has 1 unspecified atom stereocenters. The summed E-state index contributed by atoms with van der Waals surface area (Å²) in [6, 6.07) is 11.6. The average Bonchev–Trinajstić information content (AvgIpc) is 3.30. The Morgan fingerprint density at radius 2 is 1.91 bits per heavy atom. The van der Waals surface area contributed by atoms with Crippen molar-refractivity contribution in [3.63, 3.8) is 0 Å². The number of carbonyl (C=O) groups is 1. The molecule has 0 bridgehead atoms. The van der Waals surface area contributed by atoms with Gasteiger partial charge in [0.05, 0.1) is 11.6 Å². The summed E-state index contributed by atoms with van der Waals surface area (Å²) in [4.78, 5) is 12.5. The van der Waals surface area contributed by atoms with Crippen molar-refractivity contribution in [1.82, 2.24) is 5.32 Å². The fraction of sp³-hybridized carbons (Fsp3) is 0.235. The van der Waals surface area contributed by atoms with E-state index < -0.39 is 0 Å². The zero-order valence-corrected chi connectivity index (χ0v) is 14.0. The highest BCUT2D eigenvalue weighted by atomic mass is 79.9. The number of halogens is 3. The quantitative estimate of drug-likeness (QED) is 0.781. The van der Waals surface area contributed by atoms with E-state index in [9.17, 15) is 9.18 Å². The van der Waals surface area contributed by atoms with E-state index in [1.165, 1.54) is 18.2 Å². The molecule has 1 aliphatic rings. The maximum absolute atomic E-state index is 13.1. The summed E-state index contributed by atoms with van der Waals surface area (Å²) in [5.41, 5.74) is 1.47. The third-order valence-corrected chi connectivity index (χ3v) is 4.69. The molecule has 0 radical (unpaired) electrons. The topological polar surface area (TPSA) is 29.1 Å². The van der Waals surface area contributed by atoms with E-state index in [1.54, 1.807) is 0 Å². The van der Waals surface area contributed by atoms with Crippen LogP contribution in [0.2, 0.25) is 5.02 Å². The third-order valence-electron chi connectivity index (χ3n) is 3.78. The van der Waals surface area contributed by atoms with E-state index in [-0.39, 0.29) is 17.8 Å². The van der Waals surface area contributed by atoms with Crippen molar-refractivity contribution < 1.29 is 9.18 Å². The number of benzene rings is 2. The van der Waals surface area contributed by atoms with Gasteiger partial charge >= 0.3 is 0 Å². The molecule has 1 aliphatic carbocycles. The molecule has 22 heavy (non-hydrogen) atoms. The molecule has 1 saturated carbocycles. The van der Waals surface area contributed by atoms with Crippen LogP contribution in [0, 0.1) is 11.7 Å². The van der Waals surface area contributed by atoms with Crippen LogP contribution in [-0.2, 0) is 0 Å². The Hall–Kier alpha value is -1.39. The fourth-order valence-electron chi connectivity index (χ4n) is 2.47. The van der Waals surface area contributed by atoms with Gasteiger partial charge in [0.15, 0.2) is 0 Å². The number of nitrogens with one attached hydrogen (secondary N) is 1. The van der Waals surface area contributed by atoms with Crippen LogP contribution in [0.15, 0.2) is 46.9 Å².